The molecule has 134 valence electrons. The molecular formula is C19H28BrClN2O. The Morgan fingerprint density at radius 2 is 2.21 bits per heavy atom. The average Bonchev–Trinajstić information content (AvgIpc) is 2.51. The fourth-order valence-corrected chi connectivity index (χ4v) is 4.34. The summed E-state index contributed by atoms with van der Waals surface area (Å²) in [7, 11) is 0. The summed E-state index contributed by atoms with van der Waals surface area (Å²) in [4.78, 5) is 12.6. The van der Waals surface area contributed by atoms with Crippen LogP contribution in [0.5, 0.6) is 0 Å². The molecule has 1 aromatic carbocycles. The second-order valence-corrected chi connectivity index (χ2v) is 8.20. The Balaban J connectivity index is 0.00000208. The summed E-state index contributed by atoms with van der Waals surface area (Å²) in [6.45, 7) is 4.41. The van der Waals surface area contributed by atoms with Gasteiger partial charge in [0.2, 0.25) is 5.91 Å². The van der Waals surface area contributed by atoms with Crippen LogP contribution in [0.4, 0.5) is 0 Å². The van der Waals surface area contributed by atoms with Gasteiger partial charge in [0.05, 0.1) is 5.54 Å². The van der Waals surface area contributed by atoms with Gasteiger partial charge in [0.25, 0.3) is 0 Å². The molecule has 24 heavy (non-hydrogen) atoms. The van der Waals surface area contributed by atoms with Crippen molar-refractivity contribution in [3.8, 4) is 0 Å². The fourth-order valence-electron chi connectivity index (χ4n) is 3.94. The first kappa shape index (κ1) is 19.7. The summed E-state index contributed by atoms with van der Waals surface area (Å²) in [6.07, 6.45) is 6.41. The minimum absolute atomic E-state index is 0. The van der Waals surface area contributed by atoms with Gasteiger partial charge in [-0.2, -0.15) is 0 Å². The number of benzene rings is 1. The van der Waals surface area contributed by atoms with Crippen molar-refractivity contribution in [1.29, 1.82) is 0 Å². The van der Waals surface area contributed by atoms with Gasteiger partial charge in [0.15, 0.2) is 0 Å². The number of carbonyl (C=O) groups is 1. The Bertz CT molecular complexity index is 556. The van der Waals surface area contributed by atoms with E-state index in [1.807, 2.05) is 6.07 Å². The summed E-state index contributed by atoms with van der Waals surface area (Å²) in [5.74, 6) is 1.29. The normalized spacial score (nSPS) is 23.5. The van der Waals surface area contributed by atoms with E-state index in [4.69, 9.17) is 0 Å². The van der Waals surface area contributed by atoms with Crippen molar-refractivity contribution >= 4 is 34.2 Å². The average molecular weight is 416 g/mol. The molecule has 1 aliphatic carbocycles. The van der Waals surface area contributed by atoms with Gasteiger partial charge < -0.3 is 10.6 Å². The quantitative estimate of drug-likeness (QED) is 0.748. The van der Waals surface area contributed by atoms with Crippen LogP contribution in [0.2, 0.25) is 0 Å². The third-order valence-corrected chi connectivity index (χ3v) is 6.10. The molecule has 1 saturated heterocycles. The minimum atomic E-state index is -0.134. The van der Waals surface area contributed by atoms with Gasteiger partial charge in [-0.1, -0.05) is 35.0 Å². The molecule has 1 aromatic rings. The van der Waals surface area contributed by atoms with Crippen molar-refractivity contribution in [1.82, 2.24) is 10.6 Å². The number of halogens is 2. The summed E-state index contributed by atoms with van der Waals surface area (Å²) in [6, 6.07) is 8.38. The number of hydrogen-bond acceptors (Lipinski definition) is 2. The molecule has 1 amide bonds. The molecule has 2 atom stereocenters. The molecule has 0 aromatic heterocycles. The van der Waals surface area contributed by atoms with Crippen LogP contribution in [0.1, 0.15) is 51.0 Å². The number of rotatable bonds is 5. The summed E-state index contributed by atoms with van der Waals surface area (Å²) < 4.78 is 1.08. The molecule has 1 saturated carbocycles. The highest BCUT2D eigenvalue weighted by atomic mass is 79.9. The van der Waals surface area contributed by atoms with E-state index in [2.05, 4.69) is 51.7 Å². The lowest BCUT2D eigenvalue weighted by Crippen LogP contribution is -2.51. The first-order valence-corrected chi connectivity index (χ1v) is 9.66. The van der Waals surface area contributed by atoms with E-state index in [9.17, 15) is 4.79 Å². The molecule has 0 bridgehead atoms. The second-order valence-electron chi connectivity index (χ2n) is 7.28. The highest BCUT2D eigenvalue weighted by Gasteiger charge is 2.40. The Morgan fingerprint density at radius 3 is 2.79 bits per heavy atom. The first-order chi connectivity index (χ1) is 11.1. The highest BCUT2D eigenvalue weighted by Crippen LogP contribution is 2.42. The third-order valence-electron chi connectivity index (χ3n) is 5.61. The fraction of sp³-hybridized carbons (Fsp3) is 0.632. The molecule has 2 unspecified atom stereocenters. The smallest absolute Gasteiger partial charge is 0.220 e. The van der Waals surface area contributed by atoms with Gasteiger partial charge >= 0.3 is 0 Å². The predicted octanol–water partition coefficient (Wildman–Crippen LogP) is 4.39. The van der Waals surface area contributed by atoms with Crippen molar-refractivity contribution in [2.75, 3.05) is 13.1 Å². The third kappa shape index (κ3) is 4.53. The van der Waals surface area contributed by atoms with Crippen molar-refractivity contribution in [2.45, 2.75) is 51.0 Å². The highest BCUT2D eigenvalue weighted by molar-refractivity contribution is 9.10. The standard InChI is InChI=1S/C19H27BrN2O.ClH/c1-14(15-5-3-10-21-13-15)11-18(23)22-19(8-4-9-19)16-6-2-7-17(20)12-16;/h2,6-7,12,14-15,21H,3-5,8-11,13H2,1H3,(H,22,23);1H. The molecule has 3 rings (SSSR count). The van der Waals surface area contributed by atoms with Gasteiger partial charge in [-0.3, -0.25) is 4.79 Å². The molecule has 2 N–H and O–H groups in total. The number of hydrogen-bond donors (Lipinski definition) is 2. The zero-order chi connectivity index (χ0) is 16.3. The van der Waals surface area contributed by atoms with Gasteiger partial charge in [0, 0.05) is 10.9 Å². The topological polar surface area (TPSA) is 41.1 Å². The number of piperidine rings is 1. The summed E-state index contributed by atoms with van der Waals surface area (Å²) in [5, 5.41) is 6.82. The summed E-state index contributed by atoms with van der Waals surface area (Å²) in [5.41, 5.74) is 1.10. The molecule has 0 spiro atoms. The van der Waals surface area contributed by atoms with Gasteiger partial charge in [-0.05, 0) is 74.7 Å². The van der Waals surface area contributed by atoms with Crippen molar-refractivity contribution in [2.24, 2.45) is 11.8 Å². The maximum absolute atomic E-state index is 12.6. The SMILES string of the molecule is CC(CC(=O)NC1(c2cccc(Br)c2)CCC1)C1CCCNC1.Cl. The van der Waals surface area contributed by atoms with Gasteiger partial charge in [0.1, 0.15) is 0 Å². The van der Waals surface area contributed by atoms with Crippen LogP contribution in [-0.4, -0.2) is 19.0 Å². The lowest BCUT2D eigenvalue weighted by molar-refractivity contribution is -0.125. The van der Waals surface area contributed by atoms with Crippen LogP contribution in [0.3, 0.4) is 0 Å². The summed E-state index contributed by atoms with van der Waals surface area (Å²) >= 11 is 3.55. The van der Waals surface area contributed by atoms with Crippen LogP contribution in [0.15, 0.2) is 28.7 Å². The van der Waals surface area contributed by atoms with Crippen LogP contribution in [0, 0.1) is 11.8 Å². The molecule has 5 heteroatoms. The molecule has 1 aliphatic heterocycles. The molecule has 1 heterocycles. The molecule has 2 fully saturated rings. The lowest BCUT2D eigenvalue weighted by Gasteiger charge is -2.43. The molecular weight excluding hydrogens is 388 g/mol. The van der Waals surface area contributed by atoms with Crippen molar-refractivity contribution < 1.29 is 4.79 Å². The number of carbonyl (C=O) groups excluding carboxylic acids is 1. The van der Waals surface area contributed by atoms with E-state index < -0.39 is 0 Å². The Kier molecular flexibility index (Phi) is 7.14. The van der Waals surface area contributed by atoms with Crippen LogP contribution in [-0.2, 0) is 10.3 Å². The van der Waals surface area contributed by atoms with E-state index in [0.29, 0.717) is 18.3 Å². The first-order valence-electron chi connectivity index (χ1n) is 8.87. The maximum atomic E-state index is 12.6. The Labute approximate surface area is 159 Å². The molecule has 3 nitrogen and oxygen atoms in total. The second kappa shape index (κ2) is 8.68. The van der Waals surface area contributed by atoms with Crippen LogP contribution < -0.4 is 10.6 Å². The number of amides is 1. The van der Waals surface area contributed by atoms with Crippen LogP contribution in [0.25, 0.3) is 0 Å². The van der Waals surface area contributed by atoms with Gasteiger partial charge in [-0.15, -0.1) is 12.4 Å². The maximum Gasteiger partial charge on any atom is 0.220 e. The van der Waals surface area contributed by atoms with Crippen LogP contribution >= 0.6 is 28.3 Å². The van der Waals surface area contributed by atoms with Crippen molar-refractivity contribution in [3.63, 3.8) is 0 Å². The predicted molar refractivity (Wildman–Crippen MR) is 104 cm³/mol. The molecule has 2 aliphatic rings. The van der Waals surface area contributed by atoms with E-state index in [-0.39, 0.29) is 23.9 Å². The Morgan fingerprint density at radius 1 is 1.42 bits per heavy atom. The Hall–Kier alpha value is -0.580. The molecule has 0 radical (unpaired) electrons. The minimum Gasteiger partial charge on any atom is -0.347 e. The van der Waals surface area contributed by atoms with E-state index in [1.165, 1.54) is 24.8 Å². The zero-order valence-electron chi connectivity index (χ0n) is 14.3. The zero-order valence-corrected chi connectivity index (χ0v) is 16.7. The van der Waals surface area contributed by atoms with E-state index >= 15 is 0 Å². The monoisotopic (exact) mass is 414 g/mol. The van der Waals surface area contributed by atoms with E-state index in [0.717, 1.165) is 30.4 Å². The lowest BCUT2D eigenvalue weighted by atomic mass is 9.71. The number of nitrogens with one attached hydrogen (secondary N) is 2. The van der Waals surface area contributed by atoms with E-state index in [1.54, 1.807) is 0 Å². The van der Waals surface area contributed by atoms with Crippen molar-refractivity contribution in [3.05, 3.63) is 34.3 Å². The van der Waals surface area contributed by atoms with Gasteiger partial charge in [-0.25, -0.2) is 0 Å². The largest absolute Gasteiger partial charge is 0.347 e.